The molecule has 1 aliphatic heterocycles. The van der Waals surface area contributed by atoms with E-state index in [1.807, 2.05) is 11.8 Å². The number of sulfone groups is 1. The summed E-state index contributed by atoms with van der Waals surface area (Å²) >= 11 is 2.03. The third kappa shape index (κ3) is 7.69. The Balaban J connectivity index is 2.28. The largest absolute Gasteiger partial charge is 0.379 e. The quantitative estimate of drug-likeness (QED) is 0.414. The molecular weight excluding hydrogens is 322 g/mol. The van der Waals surface area contributed by atoms with Crippen LogP contribution in [0.15, 0.2) is 4.99 Å². The van der Waals surface area contributed by atoms with Crippen molar-refractivity contribution in [1.82, 2.24) is 10.2 Å². The second kappa shape index (κ2) is 9.62. The predicted octanol–water partition coefficient (Wildman–Crippen LogP) is 0.696. The fourth-order valence-electron chi connectivity index (χ4n) is 2.15. The minimum atomic E-state index is -2.94. The van der Waals surface area contributed by atoms with Crippen molar-refractivity contribution in [2.75, 3.05) is 57.7 Å². The van der Waals surface area contributed by atoms with Gasteiger partial charge in [0.1, 0.15) is 9.84 Å². The van der Waals surface area contributed by atoms with E-state index in [0.29, 0.717) is 24.3 Å². The van der Waals surface area contributed by atoms with E-state index in [0.717, 1.165) is 24.8 Å². The highest BCUT2D eigenvalue weighted by Gasteiger charge is 2.24. The third-order valence-corrected chi connectivity index (χ3v) is 5.92. The lowest BCUT2D eigenvalue weighted by atomic mass is 10.1. The van der Waals surface area contributed by atoms with Crippen molar-refractivity contribution < 1.29 is 13.2 Å². The molecule has 1 aliphatic rings. The number of thioether (sulfide) groups is 1. The van der Waals surface area contributed by atoms with Crippen LogP contribution in [-0.4, -0.2) is 82.2 Å². The molecule has 1 fully saturated rings. The molecule has 0 radical (unpaired) electrons. The number of aliphatic imine (C=N–C) groups is 1. The van der Waals surface area contributed by atoms with Gasteiger partial charge in [0, 0.05) is 43.9 Å². The summed E-state index contributed by atoms with van der Waals surface area (Å²) in [6.45, 7) is 7.88. The maximum Gasteiger partial charge on any atom is 0.193 e. The van der Waals surface area contributed by atoms with Gasteiger partial charge in [0.2, 0.25) is 0 Å². The summed E-state index contributed by atoms with van der Waals surface area (Å²) in [5.74, 6) is 2.75. The third-order valence-electron chi connectivity index (χ3n) is 3.48. The van der Waals surface area contributed by atoms with E-state index in [1.54, 1.807) is 7.05 Å². The molecule has 0 aliphatic carbocycles. The molecule has 1 atom stereocenters. The molecule has 0 amide bonds. The van der Waals surface area contributed by atoms with Crippen LogP contribution in [0.1, 0.15) is 13.8 Å². The Morgan fingerprint density at radius 2 is 2.18 bits per heavy atom. The van der Waals surface area contributed by atoms with Crippen LogP contribution in [0.4, 0.5) is 0 Å². The van der Waals surface area contributed by atoms with Crippen molar-refractivity contribution in [3.63, 3.8) is 0 Å². The second-order valence-electron chi connectivity index (χ2n) is 5.82. The van der Waals surface area contributed by atoms with E-state index in [1.165, 1.54) is 6.26 Å². The molecular formula is C14H29N3O3S2. The Hall–Kier alpha value is -0.470. The van der Waals surface area contributed by atoms with E-state index in [2.05, 4.69) is 29.1 Å². The Labute approximate surface area is 139 Å². The van der Waals surface area contributed by atoms with Gasteiger partial charge in [-0.2, -0.15) is 11.8 Å². The molecule has 1 rings (SSSR count). The molecule has 6 nitrogen and oxygen atoms in total. The Kier molecular flexibility index (Phi) is 8.56. The molecule has 0 bridgehead atoms. The molecule has 0 saturated carbocycles. The van der Waals surface area contributed by atoms with Crippen LogP contribution in [0.2, 0.25) is 0 Å². The lowest BCUT2D eigenvalue weighted by Gasteiger charge is -2.36. The number of hydrogen-bond acceptors (Lipinski definition) is 5. The molecule has 1 unspecified atom stereocenters. The average molecular weight is 352 g/mol. The molecule has 0 aromatic heterocycles. The van der Waals surface area contributed by atoms with Crippen molar-refractivity contribution >= 4 is 27.6 Å². The van der Waals surface area contributed by atoms with E-state index >= 15 is 0 Å². The van der Waals surface area contributed by atoms with Gasteiger partial charge in [-0.15, -0.1) is 0 Å². The van der Waals surface area contributed by atoms with Gasteiger partial charge in [0.15, 0.2) is 5.96 Å². The first-order valence-corrected chi connectivity index (χ1v) is 10.8. The zero-order valence-electron chi connectivity index (χ0n) is 14.0. The molecule has 1 N–H and O–H groups in total. The summed E-state index contributed by atoms with van der Waals surface area (Å²) in [5, 5.41) is 3.93. The standard InChI is InChI=1S/C14H29N3O3S2/c1-12(2)13-11-17(6-9-21-13)14(15-3)16-5-7-20-8-10-22(4,18)19/h12-13H,5-11H2,1-4H3,(H,15,16). The van der Waals surface area contributed by atoms with Crippen molar-refractivity contribution in [1.29, 1.82) is 0 Å². The summed E-state index contributed by atoms with van der Waals surface area (Å²) in [7, 11) is -1.15. The van der Waals surface area contributed by atoms with Crippen LogP contribution >= 0.6 is 11.8 Å². The van der Waals surface area contributed by atoms with E-state index in [4.69, 9.17) is 4.74 Å². The number of rotatable bonds is 7. The normalized spacial score (nSPS) is 20.5. The Morgan fingerprint density at radius 3 is 2.77 bits per heavy atom. The first kappa shape index (κ1) is 19.6. The molecule has 8 heteroatoms. The van der Waals surface area contributed by atoms with Crippen LogP contribution in [0.5, 0.6) is 0 Å². The first-order chi connectivity index (χ1) is 10.3. The summed E-state index contributed by atoms with van der Waals surface area (Å²) in [4.78, 5) is 6.62. The lowest BCUT2D eigenvalue weighted by molar-refractivity contribution is 0.153. The molecule has 1 heterocycles. The molecule has 0 aromatic rings. The van der Waals surface area contributed by atoms with Crippen molar-refractivity contribution in [2.45, 2.75) is 19.1 Å². The van der Waals surface area contributed by atoms with E-state index in [9.17, 15) is 8.42 Å². The van der Waals surface area contributed by atoms with Crippen molar-refractivity contribution in [3.8, 4) is 0 Å². The summed E-state index contributed by atoms with van der Waals surface area (Å²) in [6, 6.07) is 0. The zero-order valence-corrected chi connectivity index (χ0v) is 15.7. The minimum Gasteiger partial charge on any atom is -0.379 e. The summed E-state index contributed by atoms with van der Waals surface area (Å²) in [5.41, 5.74) is 0. The first-order valence-electron chi connectivity index (χ1n) is 7.66. The number of guanidine groups is 1. The topological polar surface area (TPSA) is 71.0 Å². The maximum absolute atomic E-state index is 11.0. The smallest absolute Gasteiger partial charge is 0.193 e. The second-order valence-corrected chi connectivity index (χ2v) is 9.42. The SMILES string of the molecule is CN=C(NCCOCCS(C)(=O)=O)N1CCSC(C(C)C)C1. The summed E-state index contributed by atoms with van der Waals surface area (Å²) in [6.07, 6.45) is 1.22. The van der Waals surface area contributed by atoms with E-state index in [-0.39, 0.29) is 12.4 Å². The Bertz CT molecular complexity index is 452. The van der Waals surface area contributed by atoms with Gasteiger partial charge in [0.05, 0.1) is 19.0 Å². The number of ether oxygens (including phenoxy) is 1. The van der Waals surface area contributed by atoms with Gasteiger partial charge >= 0.3 is 0 Å². The molecule has 0 aromatic carbocycles. The van der Waals surface area contributed by atoms with Gasteiger partial charge in [-0.25, -0.2) is 8.42 Å². The van der Waals surface area contributed by atoms with Gasteiger partial charge in [-0.1, -0.05) is 13.8 Å². The van der Waals surface area contributed by atoms with Gasteiger partial charge in [-0.3, -0.25) is 4.99 Å². The number of hydrogen-bond donors (Lipinski definition) is 1. The number of nitrogens with zero attached hydrogens (tertiary/aromatic N) is 2. The predicted molar refractivity (Wildman–Crippen MR) is 94.5 cm³/mol. The highest BCUT2D eigenvalue weighted by molar-refractivity contribution is 8.00. The van der Waals surface area contributed by atoms with Gasteiger partial charge in [0.25, 0.3) is 0 Å². The van der Waals surface area contributed by atoms with Crippen LogP contribution in [0, 0.1) is 5.92 Å². The van der Waals surface area contributed by atoms with E-state index < -0.39 is 9.84 Å². The fraction of sp³-hybridized carbons (Fsp3) is 0.929. The minimum absolute atomic E-state index is 0.0706. The molecule has 0 spiro atoms. The van der Waals surface area contributed by atoms with Gasteiger partial charge < -0.3 is 15.0 Å². The highest BCUT2D eigenvalue weighted by Crippen LogP contribution is 2.24. The number of nitrogens with one attached hydrogen (secondary N) is 1. The molecule has 1 saturated heterocycles. The van der Waals surface area contributed by atoms with Crippen LogP contribution in [-0.2, 0) is 14.6 Å². The zero-order chi connectivity index (χ0) is 16.6. The Morgan fingerprint density at radius 1 is 1.45 bits per heavy atom. The average Bonchev–Trinajstić information content (AvgIpc) is 2.45. The van der Waals surface area contributed by atoms with Crippen LogP contribution in [0.25, 0.3) is 0 Å². The maximum atomic E-state index is 11.0. The van der Waals surface area contributed by atoms with Gasteiger partial charge in [-0.05, 0) is 5.92 Å². The lowest BCUT2D eigenvalue weighted by Crippen LogP contribution is -2.49. The highest BCUT2D eigenvalue weighted by atomic mass is 32.2. The molecule has 22 heavy (non-hydrogen) atoms. The van der Waals surface area contributed by atoms with Crippen molar-refractivity contribution in [2.24, 2.45) is 10.9 Å². The van der Waals surface area contributed by atoms with Crippen molar-refractivity contribution in [3.05, 3.63) is 0 Å². The summed E-state index contributed by atoms with van der Waals surface area (Å²) < 4.78 is 27.3. The fourth-order valence-corrected chi connectivity index (χ4v) is 3.87. The van der Waals surface area contributed by atoms with Crippen LogP contribution in [0.3, 0.4) is 0 Å². The molecule has 130 valence electrons. The monoisotopic (exact) mass is 351 g/mol. The van der Waals surface area contributed by atoms with Crippen LogP contribution < -0.4 is 5.32 Å².